The fourth-order valence-corrected chi connectivity index (χ4v) is 6.32. The van der Waals surface area contributed by atoms with Gasteiger partial charge in [0, 0.05) is 6.42 Å². The molecule has 0 amide bonds. The molecule has 7 nitrogen and oxygen atoms in total. The maximum absolute atomic E-state index is 11.3. The second-order valence-corrected chi connectivity index (χ2v) is 12.3. The number of rotatable bonds is 5. The average Bonchev–Trinajstić information content (AvgIpc) is 3.07. The highest BCUT2D eigenvalue weighted by atomic mass is 16.7. The van der Waals surface area contributed by atoms with Crippen molar-refractivity contribution in [3.05, 3.63) is 42.0 Å². The lowest BCUT2D eigenvalue weighted by molar-refractivity contribution is -0.228. The Morgan fingerprint density at radius 3 is 2.41 bits per heavy atom. The van der Waals surface area contributed by atoms with Crippen LogP contribution in [0.1, 0.15) is 78.2 Å². The van der Waals surface area contributed by atoms with Gasteiger partial charge in [0.15, 0.2) is 5.79 Å². The number of benzene rings is 1. The predicted octanol–water partition coefficient (Wildman–Crippen LogP) is 4.39. The first-order valence-electron chi connectivity index (χ1n) is 14.0. The quantitative estimate of drug-likeness (QED) is 0.600. The Kier molecular flexibility index (Phi) is 7.87. The summed E-state index contributed by atoms with van der Waals surface area (Å²) in [6.45, 7) is 8.40. The third kappa shape index (κ3) is 6.30. The highest BCUT2D eigenvalue weighted by Crippen LogP contribution is 2.43. The first-order chi connectivity index (χ1) is 17.5. The van der Waals surface area contributed by atoms with Gasteiger partial charge in [-0.2, -0.15) is 0 Å². The minimum atomic E-state index is -0.941. The maximum atomic E-state index is 11.3. The Labute approximate surface area is 221 Å². The van der Waals surface area contributed by atoms with E-state index in [4.69, 9.17) is 23.7 Å². The summed E-state index contributed by atoms with van der Waals surface area (Å²) in [6, 6.07) is 10.1. The highest BCUT2D eigenvalue weighted by molar-refractivity contribution is 5.49. The molecule has 0 bridgehead atoms. The van der Waals surface area contributed by atoms with E-state index in [1.165, 1.54) is 0 Å². The molecule has 2 N–H and O–H groups in total. The van der Waals surface area contributed by atoms with Gasteiger partial charge in [-0.15, -0.1) is 0 Å². The van der Waals surface area contributed by atoms with Crippen LogP contribution in [0.4, 0.5) is 0 Å². The molecule has 4 saturated heterocycles. The lowest BCUT2D eigenvalue weighted by Gasteiger charge is -2.45. The van der Waals surface area contributed by atoms with Gasteiger partial charge in [-0.25, -0.2) is 0 Å². The predicted molar refractivity (Wildman–Crippen MR) is 140 cm³/mol. The molecule has 4 fully saturated rings. The molecule has 1 aromatic carbocycles. The molecule has 0 aromatic heterocycles. The van der Waals surface area contributed by atoms with Crippen LogP contribution in [0.5, 0.6) is 0 Å². The monoisotopic (exact) mass is 516 g/mol. The van der Waals surface area contributed by atoms with E-state index in [2.05, 4.69) is 6.92 Å². The summed E-state index contributed by atoms with van der Waals surface area (Å²) in [7, 11) is 0. The van der Waals surface area contributed by atoms with E-state index in [-0.39, 0.29) is 36.6 Å². The van der Waals surface area contributed by atoms with E-state index in [9.17, 15) is 10.2 Å². The molecule has 1 unspecified atom stereocenters. The summed E-state index contributed by atoms with van der Waals surface area (Å²) in [5, 5.41) is 22.2. The molecule has 0 radical (unpaired) electrons. The molecule has 4 aliphatic heterocycles. The van der Waals surface area contributed by atoms with Crippen molar-refractivity contribution in [3.63, 3.8) is 0 Å². The topological polar surface area (TPSA) is 86.6 Å². The maximum Gasteiger partial charge on any atom is 0.163 e. The van der Waals surface area contributed by atoms with Gasteiger partial charge < -0.3 is 33.9 Å². The van der Waals surface area contributed by atoms with E-state index >= 15 is 0 Å². The third-order valence-corrected chi connectivity index (χ3v) is 8.66. The molecule has 4 heterocycles. The summed E-state index contributed by atoms with van der Waals surface area (Å²) in [6.07, 6.45) is 6.99. The normalized spacial score (nSPS) is 44.1. The van der Waals surface area contributed by atoms with Crippen LogP contribution in [0, 0.1) is 0 Å². The Bertz CT molecular complexity index is 931. The third-order valence-electron chi connectivity index (χ3n) is 8.66. The van der Waals surface area contributed by atoms with E-state index in [0.29, 0.717) is 32.3 Å². The molecule has 0 spiro atoms. The van der Waals surface area contributed by atoms with Gasteiger partial charge in [-0.1, -0.05) is 42.5 Å². The van der Waals surface area contributed by atoms with Crippen LogP contribution < -0.4 is 0 Å². The van der Waals surface area contributed by atoms with Crippen molar-refractivity contribution in [1.29, 1.82) is 0 Å². The highest BCUT2D eigenvalue weighted by Gasteiger charge is 2.51. The lowest BCUT2D eigenvalue weighted by atomic mass is 9.84. The Morgan fingerprint density at radius 2 is 1.68 bits per heavy atom. The number of ether oxygens (including phenoxy) is 5. The summed E-state index contributed by atoms with van der Waals surface area (Å²) in [5.74, 6) is -0.553. The van der Waals surface area contributed by atoms with Gasteiger partial charge in [0.25, 0.3) is 0 Å². The molecule has 4 aliphatic rings. The van der Waals surface area contributed by atoms with Crippen LogP contribution in [-0.4, -0.2) is 76.5 Å². The zero-order valence-corrected chi connectivity index (χ0v) is 22.7. The number of aliphatic hydroxyl groups is 2. The van der Waals surface area contributed by atoms with Crippen LogP contribution in [-0.2, 0) is 23.7 Å². The summed E-state index contributed by atoms with van der Waals surface area (Å²) >= 11 is 0. The summed E-state index contributed by atoms with van der Waals surface area (Å²) in [4.78, 5) is 0. The molecule has 5 rings (SSSR count). The van der Waals surface area contributed by atoms with Gasteiger partial charge in [0.1, 0.15) is 6.10 Å². The van der Waals surface area contributed by atoms with Crippen molar-refractivity contribution in [2.75, 3.05) is 6.61 Å². The van der Waals surface area contributed by atoms with E-state index in [0.717, 1.165) is 24.8 Å². The Morgan fingerprint density at radius 1 is 0.946 bits per heavy atom. The van der Waals surface area contributed by atoms with Crippen LogP contribution in [0.2, 0.25) is 0 Å². The molecule has 0 saturated carbocycles. The van der Waals surface area contributed by atoms with Gasteiger partial charge in [0.05, 0.1) is 54.4 Å². The second kappa shape index (κ2) is 10.7. The number of hydrogen-bond donors (Lipinski definition) is 2. The minimum absolute atomic E-state index is 0.0105. The molecular weight excluding hydrogens is 472 g/mol. The molecule has 9 atom stereocenters. The standard InChI is InChI=1S/C30H44O7/c1-28(2)33-19-21(36-28)11-13-26-29(3,32)16-14-24-25(34-26)15-17-30(4)27(35-24)18-22(31)23(37-30)12-10-20-8-6-5-7-9-20/h5-10,12,21-27,31-32H,11,13-19H2,1-4H3/b12-10-/t21?,22-,23+,24-,25+,26-,27+,29+,30-/m1/s1. The molecular formula is C30H44O7. The van der Waals surface area contributed by atoms with Gasteiger partial charge >= 0.3 is 0 Å². The Hall–Kier alpha value is -1.32. The van der Waals surface area contributed by atoms with Crippen molar-refractivity contribution >= 4 is 6.08 Å². The molecule has 206 valence electrons. The van der Waals surface area contributed by atoms with Crippen molar-refractivity contribution < 1.29 is 33.9 Å². The number of fused-ring (bicyclic) bond motifs is 2. The van der Waals surface area contributed by atoms with Crippen LogP contribution >= 0.6 is 0 Å². The van der Waals surface area contributed by atoms with Gasteiger partial charge in [-0.05, 0) is 71.8 Å². The van der Waals surface area contributed by atoms with Gasteiger partial charge in [0.2, 0.25) is 0 Å². The van der Waals surface area contributed by atoms with Crippen molar-refractivity contribution in [3.8, 4) is 0 Å². The van der Waals surface area contributed by atoms with E-state index < -0.39 is 23.1 Å². The molecule has 7 heteroatoms. The molecule has 0 aliphatic carbocycles. The van der Waals surface area contributed by atoms with Crippen LogP contribution in [0.15, 0.2) is 36.4 Å². The SMILES string of the molecule is CC1(C)OCC(CC[C@H]2O[C@H]3CC[C@@]4(C)O[C@@H](/C=C\c5ccccc5)[C@H](O)C[C@@H]4O[C@@H]3CC[C@]2(C)O)O1. The fraction of sp³-hybridized carbons (Fsp3) is 0.733. The number of aliphatic hydroxyl groups excluding tert-OH is 1. The largest absolute Gasteiger partial charge is 0.390 e. The van der Waals surface area contributed by atoms with Crippen molar-refractivity contribution in [1.82, 2.24) is 0 Å². The first-order valence-corrected chi connectivity index (χ1v) is 14.0. The van der Waals surface area contributed by atoms with Crippen molar-refractivity contribution in [2.45, 2.75) is 132 Å². The smallest absolute Gasteiger partial charge is 0.163 e. The van der Waals surface area contributed by atoms with Crippen LogP contribution in [0.25, 0.3) is 6.08 Å². The average molecular weight is 517 g/mol. The lowest BCUT2D eigenvalue weighted by Crippen LogP contribution is -2.55. The zero-order chi connectivity index (χ0) is 26.3. The van der Waals surface area contributed by atoms with Crippen LogP contribution in [0.3, 0.4) is 0 Å². The zero-order valence-electron chi connectivity index (χ0n) is 22.7. The molecule has 37 heavy (non-hydrogen) atoms. The minimum Gasteiger partial charge on any atom is -0.390 e. The number of hydrogen-bond acceptors (Lipinski definition) is 7. The van der Waals surface area contributed by atoms with E-state index in [1.54, 1.807) is 0 Å². The summed E-state index contributed by atoms with van der Waals surface area (Å²) in [5.41, 5.74) is -0.377. The molecule has 1 aromatic rings. The first kappa shape index (κ1) is 27.3. The summed E-state index contributed by atoms with van der Waals surface area (Å²) < 4.78 is 31.5. The van der Waals surface area contributed by atoms with E-state index in [1.807, 2.05) is 63.3 Å². The van der Waals surface area contributed by atoms with Crippen molar-refractivity contribution in [2.24, 2.45) is 0 Å². The Balaban J connectivity index is 1.24. The fourth-order valence-electron chi connectivity index (χ4n) is 6.32. The second-order valence-electron chi connectivity index (χ2n) is 12.3. The van der Waals surface area contributed by atoms with Gasteiger partial charge in [-0.3, -0.25) is 0 Å².